The van der Waals surface area contributed by atoms with Crippen LogP contribution in [0.4, 0.5) is 0 Å². The Balaban J connectivity index is 2.68. The third-order valence-electron chi connectivity index (χ3n) is 3.88. The summed E-state index contributed by atoms with van der Waals surface area (Å²) in [6.45, 7) is 5.68. The Hall–Kier alpha value is -2.22. The first-order valence-electron chi connectivity index (χ1n) is 8.22. The van der Waals surface area contributed by atoms with E-state index in [4.69, 9.17) is 0 Å². The molecule has 1 atom stereocenters. The number of fused-ring (bicyclic) bond motifs is 1. The zero-order valence-electron chi connectivity index (χ0n) is 14.4. The highest BCUT2D eigenvalue weighted by Gasteiger charge is 2.18. The molecule has 0 aromatic carbocycles. The van der Waals surface area contributed by atoms with Crippen molar-refractivity contribution >= 4 is 16.9 Å². The average molecular weight is 336 g/mol. The summed E-state index contributed by atoms with van der Waals surface area (Å²) in [4.78, 5) is 41.0. The van der Waals surface area contributed by atoms with Crippen LogP contribution in [0.25, 0.3) is 11.2 Å². The van der Waals surface area contributed by atoms with Gasteiger partial charge in [0.1, 0.15) is 5.78 Å². The number of ketones is 1. The van der Waals surface area contributed by atoms with Gasteiger partial charge in [0, 0.05) is 13.1 Å². The van der Waals surface area contributed by atoms with Crippen LogP contribution < -0.4 is 11.2 Å². The first-order chi connectivity index (χ1) is 11.4. The number of aryl methyl sites for hydroxylation is 1. The molecule has 2 rings (SSSR count). The topological polar surface area (TPSA) is 99.1 Å². The number of hydrogen-bond donors (Lipinski definition) is 1. The summed E-state index contributed by atoms with van der Waals surface area (Å²) < 4.78 is 4.10. The van der Waals surface area contributed by atoms with Gasteiger partial charge in [-0.25, -0.2) is 9.78 Å². The number of hydrogen-bond acceptors (Lipinski definition) is 5. The summed E-state index contributed by atoms with van der Waals surface area (Å²) >= 11 is 0. The molecule has 0 aliphatic rings. The normalized spacial score (nSPS) is 12.7. The second-order valence-electron chi connectivity index (χ2n) is 6.13. The van der Waals surface area contributed by atoms with Crippen molar-refractivity contribution in [3.05, 3.63) is 27.2 Å². The van der Waals surface area contributed by atoms with E-state index in [9.17, 15) is 19.5 Å². The maximum absolute atomic E-state index is 12.7. The molecule has 2 aromatic heterocycles. The molecule has 0 saturated carbocycles. The number of aliphatic hydroxyl groups excluding tert-OH is 1. The van der Waals surface area contributed by atoms with Gasteiger partial charge in [0.05, 0.1) is 19.0 Å². The van der Waals surface area contributed by atoms with Crippen LogP contribution in [0, 0.1) is 0 Å². The van der Waals surface area contributed by atoms with Crippen LogP contribution in [0.3, 0.4) is 0 Å². The smallest absolute Gasteiger partial charge is 0.332 e. The number of carbonyl (C=O) groups is 1. The number of imidazole rings is 1. The molecular weight excluding hydrogens is 312 g/mol. The molecule has 0 aliphatic carbocycles. The largest absolute Gasteiger partial charge is 0.393 e. The fourth-order valence-electron chi connectivity index (χ4n) is 2.63. The average Bonchev–Trinajstić information content (AvgIpc) is 2.89. The quantitative estimate of drug-likeness (QED) is 0.757. The van der Waals surface area contributed by atoms with Crippen molar-refractivity contribution in [1.82, 2.24) is 18.7 Å². The number of rotatable bonds is 8. The summed E-state index contributed by atoms with van der Waals surface area (Å²) in [5.74, 6) is -0.101. The van der Waals surface area contributed by atoms with E-state index in [0.717, 1.165) is 6.42 Å². The van der Waals surface area contributed by atoms with Crippen molar-refractivity contribution in [2.75, 3.05) is 0 Å². The second-order valence-corrected chi connectivity index (χ2v) is 6.13. The van der Waals surface area contributed by atoms with Crippen LogP contribution in [0.2, 0.25) is 0 Å². The number of Topliss-reactive ketones (excluding diaryl/α,β-unsaturated/α-hetero) is 1. The van der Waals surface area contributed by atoms with E-state index in [1.165, 1.54) is 27.0 Å². The van der Waals surface area contributed by atoms with Gasteiger partial charge in [-0.2, -0.15) is 0 Å². The minimum Gasteiger partial charge on any atom is -0.393 e. The predicted octanol–water partition coefficient (Wildman–Crippen LogP) is 0.520. The number of aliphatic hydroxyl groups is 1. The molecule has 1 N–H and O–H groups in total. The Bertz CT molecular complexity index is 844. The fourth-order valence-corrected chi connectivity index (χ4v) is 2.63. The van der Waals surface area contributed by atoms with E-state index < -0.39 is 17.4 Å². The summed E-state index contributed by atoms with van der Waals surface area (Å²) in [7, 11) is 0. The molecule has 24 heavy (non-hydrogen) atoms. The van der Waals surface area contributed by atoms with Gasteiger partial charge < -0.3 is 9.67 Å². The molecule has 8 heteroatoms. The van der Waals surface area contributed by atoms with E-state index in [1.54, 1.807) is 6.92 Å². The Kier molecular flexibility index (Phi) is 5.71. The minimum absolute atomic E-state index is 0.0358. The third-order valence-corrected chi connectivity index (χ3v) is 3.88. The lowest BCUT2D eigenvalue weighted by atomic mass is 10.3. The van der Waals surface area contributed by atoms with Crippen molar-refractivity contribution in [3.63, 3.8) is 0 Å². The molecule has 8 nitrogen and oxygen atoms in total. The minimum atomic E-state index is -0.567. The van der Waals surface area contributed by atoms with Crippen molar-refractivity contribution in [1.29, 1.82) is 0 Å². The molecule has 0 amide bonds. The van der Waals surface area contributed by atoms with Gasteiger partial charge in [0.2, 0.25) is 0 Å². The van der Waals surface area contributed by atoms with Gasteiger partial charge in [0.25, 0.3) is 5.56 Å². The van der Waals surface area contributed by atoms with Crippen molar-refractivity contribution in [2.45, 2.75) is 65.8 Å². The fraction of sp³-hybridized carbons (Fsp3) is 0.625. The number of nitrogens with zero attached hydrogens (tertiary/aromatic N) is 4. The molecule has 0 fully saturated rings. The van der Waals surface area contributed by atoms with Gasteiger partial charge in [-0.15, -0.1) is 0 Å². The van der Waals surface area contributed by atoms with Gasteiger partial charge in [-0.3, -0.25) is 18.7 Å². The maximum atomic E-state index is 12.7. The zero-order valence-corrected chi connectivity index (χ0v) is 14.4. The first kappa shape index (κ1) is 18.1. The summed E-state index contributed by atoms with van der Waals surface area (Å²) in [5.41, 5.74) is -0.323. The van der Waals surface area contributed by atoms with Crippen LogP contribution in [0.1, 0.15) is 40.0 Å². The molecule has 0 radical (unpaired) electrons. The highest BCUT2D eigenvalue weighted by molar-refractivity contribution is 5.78. The van der Waals surface area contributed by atoms with Crippen molar-refractivity contribution < 1.29 is 9.90 Å². The first-order valence-corrected chi connectivity index (χ1v) is 8.22. The summed E-state index contributed by atoms with van der Waals surface area (Å²) in [6, 6.07) is 0. The number of unbranched alkanes of at least 4 members (excludes halogenated alkanes) is 1. The number of carbonyl (C=O) groups excluding carboxylic acids is 1. The maximum Gasteiger partial charge on any atom is 0.332 e. The summed E-state index contributed by atoms with van der Waals surface area (Å²) in [6.07, 6.45) is 2.78. The van der Waals surface area contributed by atoms with Crippen LogP contribution >= 0.6 is 0 Å². The molecule has 0 aliphatic heterocycles. The molecule has 2 heterocycles. The molecule has 0 spiro atoms. The van der Waals surface area contributed by atoms with Gasteiger partial charge >= 0.3 is 5.69 Å². The highest BCUT2D eigenvalue weighted by Crippen LogP contribution is 2.08. The highest BCUT2D eigenvalue weighted by atomic mass is 16.3. The lowest BCUT2D eigenvalue weighted by molar-refractivity contribution is -0.117. The van der Waals surface area contributed by atoms with Gasteiger partial charge in [0.15, 0.2) is 11.2 Å². The van der Waals surface area contributed by atoms with Crippen LogP contribution in [-0.2, 0) is 24.4 Å². The standard InChI is InChI=1S/C16H24N4O4/c1-4-5-7-20-15(23)13-14(17-10-18(13)9-12(3)22)19(16(20)24)8-6-11(2)21/h10-11,21H,4-9H2,1-3H3. The molecule has 132 valence electrons. The second kappa shape index (κ2) is 7.57. The van der Waals surface area contributed by atoms with Crippen molar-refractivity contribution in [2.24, 2.45) is 0 Å². The molecule has 0 bridgehead atoms. The van der Waals surface area contributed by atoms with E-state index in [2.05, 4.69) is 4.98 Å². The third kappa shape index (κ3) is 3.64. The summed E-state index contributed by atoms with van der Waals surface area (Å²) in [5, 5.41) is 9.51. The SMILES string of the molecule is CCCCn1c(=O)c2c(ncn2CC(C)=O)n(CCC(C)O)c1=O. The Morgan fingerprint density at radius 1 is 1.29 bits per heavy atom. The van der Waals surface area contributed by atoms with Crippen LogP contribution in [0.15, 0.2) is 15.9 Å². The monoisotopic (exact) mass is 336 g/mol. The van der Waals surface area contributed by atoms with E-state index in [-0.39, 0.29) is 30.0 Å². The molecule has 2 aromatic rings. The lowest BCUT2D eigenvalue weighted by Crippen LogP contribution is -2.41. The van der Waals surface area contributed by atoms with E-state index >= 15 is 0 Å². The number of aromatic nitrogens is 4. The van der Waals surface area contributed by atoms with Crippen LogP contribution in [0.5, 0.6) is 0 Å². The van der Waals surface area contributed by atoms with Gasteiger partial charge in [-0.05, 0) is 26.7 Å². The van der Waals surface area contributed by atoms with E-state index in [0.29, 0.717) is 19.4 Å². The van der Waals surface area contributed by atoms with Crippen molar-refractivity contribution in [3.8, 4) is 0 Å². The van der Waals surface area contributed by atoms with Crippen LogP contribution in [-0.4, -0.2) is 35.7 Å². The zero-order chi connectivity index (χ0) is 17.9. The van der Waals surface area contributed by atoms with Gasteiger partial charge in [-0.1, -0.05) is 13.3 Å². The van der Waals surface area contributed by atoms with E-state index in [1.807, 2.05) is 6.92 Å². The predicted molar refractivity (Wildman–Crippen MR) is 90.1 cm³/mol. The Labute approximate surface area is 139 Å². The molecular formula is C16H24N4O4. The lowest BCUT2D eigenvalue weighted by Gasteiger charge is -2.13. The molecule has 0 saturated heterocycles. The molecule has 1 unspecified atom stereocenters. The Morgan fingerprint density at radius 3 is 2.58 bits per heavy atom. The Morgan fingerprint density at radius 2 is 2.00 bits per heavy atom.